The molecule has 33 heavy (non-hydrogen) atoms. The van der Waals surface area contributed by atoms with Gasteiger partial charge in [-0.2, -0.15) is 0 Å². The van der Waals surface area contributed by atoms with Crippen LogP contribution in [0.5, 0.6) is 0 Å². The number of rotatable bonds is 7. The van der Waals surface area contributed by atoms with E-state index in [9.17, 15) is 22.4 Å². The predicted octanol–water partition coefficient (Wildman–Crippen LogP) is 4.48. The Kier molecular flexibility index (Phi) is 7.35. The van der Waals surface area contributed by atoms with Gasteiger partial charge in [-0.25, -0.2) is 17.6 Å². The number of benzene rings is 3. The van der Waals surface area contributed by atoms with Crippen LogP contribution in [-0.2, 0) is 21.3 Å². The number of anilines is 2. The molecule has 0 fully saturated rings. The molecule has 0 spiro atoms. The van der Waals surface area contributed by atoms with Gasteiger partial charge in [-0.15, -0.1) is 0 Å². The number of nitrogens with zero attached hydrogens (tertiary/aromatic N) is 1. The van der Waals surface area contributed by atoms with Crippen LogP contribution in [-0.4, -0.2) is 33.7 Å². The smallest absolute Gasteiger partial charge is 0.339 e. The van der Waals surface area contributed by atoms with Crippen molar-refractivity contribution in [3.63, 3.8) is 0 Å². The van der Waals surface area contributed by atoms with Crippen molar-refractivity contribution in [1.82, 2.24) is 0 Å². The second-order valence-corrected chi connectivity index (χ2v) is 9.40. The number of amides is 1. The molecule has 0 aliphatic carbocycles. The first-order chi connectivity index (χ1) is 15.6. The fourth-order valence-corrected chi connectivity index (χ4v) is 4.09. The van der Waals surface area contributed by atoms with E-state index in [4.69, 9.17) is 11.6 Å². The Morgan fingerprint density at radius 1 is 1.03 bits per heavy atom. The van der Waals surface area contributed by atoms with E-state index in [1.807, 2.05) is 0 Å². The van der Waals surface area contributed by atoms with Crippen LogP contribution < -0.4 is 9.62 Å². The average Bonchev–Trinajstić information content (AvgIpc) is 2.78. The van der Waals surface area contributed by atoms with E-state index < -0.39 is 27.7 Å². The van der Waals surface area contributed by atoms with E-state index >= 15 is 0 Å². The molecule has 0 aromatic heterocycles. The molecule has 10 heteroatoms. The lowest BCUT2D eigenvalue weighted by molar-refractivity contribution is 0.0600. The number of halogens is 2. The molecule has 7 nitrogen and oxygen atoms in total. The van der Waals surface area contributed by atoms with Crippen LogP contribution in [0.15, 0.2) is 66.7 Å². The highest BCUT2D eigenvalue weighted by Gasteiger charge is 2.19. The van der Waals surface area contributed by atoms with E-state index in [1.54, 1.807) is 0 Å². The number of carbonyl (C=O) groups is 2. The molecule has 0 radical (unpaired) electrons. The second kappa shape index (κ2) is 10.0. The molecule has 1 amide bonds. The van der Waals surface area contributed by atoms with Gasteiger partial charge in [0.25, 0.3) is 5.91 Å². The van der Waals surface area contributed by atoms with Crippen molar-refractivity contribution in [2.75, 3.05) is 23.0 Å². The molecule has 0 saturated carbocycles. The maximum atomic E-state index is 13.2. The van der Waals surface area contributed by atoms with Gasteiger partial charge in [-0.1, -0.05) is 23.7 Å². The zero-order valence-corrected chi connectivity index (χ0v) is 19.3. The van der Waals surface area contributed by atoms with Gasteiger partial charge in [0.05, 0.1) is 36.2 Å². The highest BCUT2D eigenvalue weighted by atomic mass is 35.5. The summed E-state index contributed by atoms with van der Waals surface area (Å²) in [4.78, 5) is 24.4. The molecule has 1 N–H and O–H groups in total. The van der Waals surface area contributed by atoms with Gasteiger partial charge >= 0.3 is 5.97 Å². The van der Waals surface area contributed by atoms with Crippen LogP contribution in [0, 0.1) is 5.82 Å². The summed E-state index contributed by atoms with van der Waals surface area (Å²) >= 11 is 5.99. The molecule has 0 atom stereocenters. The van der Waals surface area contributed by atoms with Gasteiger partial charge in [-0.05, 0) is 60.2 Å². The Hall–Kier alpha value is -3.43. The third kappa shape index (κ3) is 6.09. The molecule has 3 aromatic rings. The summed E-state index contributed by atoms with van der Waals surface area (Å²) in [6.45, 7) is 0.00569. The number of methoxy groups -OCH3 is 1. The minimum Gasteiger partial charge on any atom is -0.465 e. The van der Waals surface area contributed by atoms with E-state index in [0.29, 0.717) is 16.9 Å². The zero-order valence-electron chi connectivity index (χ0n) is 17.7. The number of nitrogens with one attached hydrogen (secondary N) is 1. The van der Waals surface area contributed by atoms with Gasteiger partial charge < -0.3 is 10.1 Å². The molecule has 3 rings (SSSR count). The van der Waals surface area contributed by atoms with E-state index in [2.05, 4.69) is 10.1 Å². The Labute approximate surface area is 195 Å². The Morgan fingerprint density at radius 3 is 2.24 bits per heavy atom. The Balaban J connectivity index is 1.79. The molecular weight excluding hydrogens is 471 g/mol. The number of esters is 1. The maximum absolute atomic E-state index is 13.2. The summed E-state index contributed by atoms with van der Waals surface area (Å²) in [5.41, 5.74) is 1.66. The number of hydrogen-bond donors (Lipinski definition) is 1. The van der Waals surface area contributed by atoms with Crippen molar-refractivity contribution >= 4 is 44.9 Å². The first-order valence-corrected chi connectivity index (χ1v) is 11.8. The summed E-state index contributed by atoms with van der Waals surface area (Å²) in [5.74, 6) is -1.52. The summed E-state index contributed by atoms with van der Waals surface area (Å²) in [6.07, 6.45) is 1.07. The molecule has 0 bridgehead atoms. The third-order valence-corrected chi connectivity index (χ3v) is 6.16. The maximum Gasteiger partial charge on any atom is 0.339 e. The lowest BCUT2D eigenvalue weighted by atomic mass is 10.1. The summed E-state index contributed by atoms with van der Waals surface area (Å²) in [6, 6.07) is 15.9. The van der Waals surface area contributed by atoms with Crippen molar-refractivity contribution in [2.24, 2.45) is 0 Å². The topological polar surface area (TPSA) is 92.8 Å². The number of carbonyl (C=O) groups excluding carboxylic acids is 2. The van der Waals surface area contributed by atoms with Gasteiger partial charge in [0.2, 0.25) is 10.0 Å². The fourth-order valence-electron chi connectivity index (χ4n) is 3.01. The quantitative estimate of drug-likeness (QED) is 0.493. The van der Waals surface area contributed by atoms with Crippen LogP contribution >= 0.6 is 11.6 Å². The molecule has 3 aromatic carbocycles. The van der Waals surface area contributed by atoms with E-state index in [1.165, 1.54) is 73.8 Å². The van der Waals surface area contributed by atoms with Crippen molar-refractivity contribution in [3.05, 3.63) is 94.3 Å². The highest BCUT2D eigenvalue weighted by molar-refractivity contribution is 7.92. The standard InChI is InChI=1S/C23H20ClFN2O5S/c1-32-23(29)20-13-18(9-12-21(20)24)26-22(28)16-5-10-19(11-6-16)27(33(2,30)31)14-15-3-7-17(25)8-4-15/h3-13H,14H2,1-2H3,(H,26,28). The average molecular weight is 491 g/mol. The van der Waals surface area contributed by atoms with E-state index in [0.717, 1.165) is 10.6 Å². The number of ether oxygens (including phenoxy) is 1. The summed E-state index contributed by atoms with van der Waals surface area (Å²) < 4.78 is 43.6. The highest BCUT2D eigenvalue weighted by Crippen LogP contribution is 2.24. The summed E-state index contributed by atoms with van der Waals surface area (Å²) in [7, 11) is -2.42. The molecule has 0 aliphatic rings. The van der Waals surface area contributed by atoms with Crippen LogP contribution in [0.3, 0.4) is 0 Å². The second-order valence-electron chi connectivity index (χ2n) is 7.08. The third-order valence-electron chi connectivity index (χ3n) is 4.69. The minimum atomic E-state index is -3.64. The molecule has 0 saturated heterocycles. The van der Waals surface area contributed by atoms with E-state index in [-0.39, 0.29) is 22.7 Å². The lowest BCUT2D eigenvalue weighted by Crippen LogP contribution is -2.29. The van der Waals surface area contributed by atoms with Crippen molar-refractivity contribution in [2.45, 2.75) is 6.54 Å². The van der Waals surface area contributed by atoms with Gasteiger partial charge in [0.15, 0.2) is 0 Å². The largest absolute Gasteiger partial charge is 0.465 e. The Morgan fingerprint density at radius 2 is 1.67 bits per heavy atom. The molecule has 0 unspecified atom stereocenters. The fraction of sp³-hybridized carbons (Fsp3) is 0.130. The molecular formula is C23H20ClFN2O5S. The normalized spacial score (nSPS) is 11.0. The molecule has 172 valence electrons. The SMILES string of the molecule is COC(=O)c1cc(NC(=O)c2ccc(N(Cc3ccc(F)cc3)S(C)(=O)=O)cc2)ccc1Cl. The zero-order chi connectivity index (χ0) is 24.2. The first-order valence-electron chi connectivity index (χ1n) is 9.60. The lowest BCUT2D eigenvalue weighted by Gasteiger charge is -2.22. The van der Waals surface area contributed by atoms with Crippen LogP contribution in [0.1, 0.15) is 26.3 Å². The van der Waals surface area contributed by atoms with Crippen LogP contribution in [0.4, 0.5) is 15.8 Å². The Bertz CT molecular complexity index is 1280. The first kappa shape index (κ1) is 24.2. The van der Waals surface area contributed by atoms with Gasteiger partial charge in [0.1, 0.15) is 5.82 Å². The van der Waals surface area contributed by atoms with Crippen LogP contribution in [0.2, 0.25) is 5.02 Å². The van der Waals surface area contributed by atoms with Gasteiger partial charge in [0, 0.05) is 11.3 Å². The predicted molar refractivity (Wildman–Crippen MR) is 125 cm³/mol. The van der Waals surface area contributed by atoms with Crippen molar-refractivity contribution in [3.8, 4) is 0 Å². The van der Waals surface area contributed by atoms with Crippen LogP contribution in [0.25, 0.3) is 0 Å². The minimum absolute atomic E-state index is 0.00569. The molecule has 0 heterocycles. The number of hydrogen-bond acceptors (Lipinski definition) is 5. The summed E-state index contributed by atoms with van der Waals surface area (Å²) in [5, 5.41) is 2.84. The van der Waals surface area contributed by atoms with Crippen molar-refractivity contribution < 1.29 is 27.1 Å². The van der Waals surface area contributed by atoms with Crippen molar-refractivity contribution in [1.29, 1.82) is 0 Å². The van der Waals surface area contributed by atoms with Gasteiger partial charge in [-0.3, -0.25) is 9.10 Å². The monoisotopic (exact) mass is 490 g/mol. The molecule has 0 aliphatic heterocycles. The number of sulfonamides is 1.